The van der Waals surface area contributed by atoms with Crippen LogP contribution in [0.2, 0.25) is 0 Å². The molecule has 2 aromatic carbocycles. The van der Waals surface area contributed by atoms with Crippen molar-refractivity contribution in [3.05, 3.63) is 57.7 Å². The lowest BCUT2D eigenvalue weighted by molar-refractivity contribution is 0.102. The Kier molecular flexibility index (Phi) is 4.58. The van der Waals surface area contributed by atoms with Crippen LogP contribution < -0.4 is 9.62 Å². The van der Waals surface area contributed by atoms with E-state index in [1.807, 2.05) is 24.3 Å². The molecule has 1 amide bonds. The monoisotopic (exact) mass is 442 g/mol. The van der Waals surface area contributed by atoms with Gasteiger partial charge < -0.3 is 5.32 Å². The molecule has 1 aliphatic rings. The lowest BCUT2D eigenvalue weighted by Crippen LogP contribution is -2.25. The summed E-state index contributed by atoms with van der Waals surface area (Å²) in [6.45, 7) is 0.496. The van der Waals surface area contributed by atoms with E-state index in [-0.39, 0.29) is 11.7 Å². The maximum atomic E-state index is 12.2. The van der Waals surface area contributed by atoms with E-state index in [0.29, 0.717) is 24.2 Å². The summed E-state index contributed by atoms with van der Waals surface area (Å²) in [4.78, 5) is 12.2. The van der Waals surface area contributed by atoms with E-state index < -0.39 is 10.0 Å². The average molecular weight is 442 g/mol. The van der Waals surface area contributed by atoms with Crippen molar-refractivity contribution in [3.8, 4) is 0 Å². The fraction of sp³-hybridized carbons (Fsp3) is 0.188. The van der Waals surface area contributed by atoms with Crippen LogP contribution in [-0.2, 0) is 10.0 Å². The molecular formula is C16H15IN2O3S. The van der Waals surface area contributed by atoms with Gasteiger partial charge in [0, 0.05) is 21.4 Å². The molecule has 1 heterocycles. The Morgan fingerprint density at radius 1 is 1.13 bits per heavy atom. The second-order valence-corrected chi connectivity index (χ2v) is 8.51. The fourth-order valence-corrected chi connectivity index (χ4v) is 4.59. The number of halogens is 1. The van der Waals surface area contributed by atoms with Gasteiger partial charge in [-0.15, -0.1) is 0 Å². The molecular weight excluding hydrogens is 427 g/mol. The van der Waals surface area contributed by atoms with E-state index in [4.69, 9.17) is 0 Å². The van der Waals surface area contributed by atoms with Crippen LogP contribution in [-0.4, -0.2) is 26.6 Å². The van der Waals surface area contributed by atoms with Gasteiger partial charge in [-0.25, -0.2) is 8.42 Å². The number of carbonyl (C=O) groups is 1. The molecule has 0 aromatic heterocycles. The number of sulfonamides is 1. The summed E-state index contributed by atoms with van der Waals surface area (Å²) in [6.07, 6.45) is 0.636. The summed E-state index contributed by atoms with van der Waals surface area (Å²) < 4.78 is 26.2. The van der Waals surface area contributed by atoms with Gasteiger partial charge in [0.2, 0.25) is 10.0 Å². The van der Waals surface area contributed by atoms with Crippen LogP contribution in [0.5, 0.6) is 0 Å². The number of rotatable bonds is 3. The summed E-state index contributed by atoms with van der Waals surface area (Å²) in [7, 11) is -3.19. The summed E-state index contributed by atoms with van der Waals surface area (Å²) in [5, 5.41) is 2.83. The molecule has 5 nitrogen and oxygen atoms in total. The zero-order valence-corrected chi connectivity index (χ0v) is 15.2. The number of hydrogen-bond acceptors (Lipinski definition) is 3. The van der Waals surface area contributed by atoms with E-state index in [1.54, 1.807) is 24.3 Å². The highest BCUT2D eigenvalue weighted by Gasteiger charge is 2.28. The van der Waals surface area contributed by atoms with Crippen molar-refractivity contribution in [2.75, 3.05) is 21.9 Å². The molecule has 7 heteroatoms. The van der Waals surface area contributed by atoms with Gasteiger partial charge in [-0.3, -0.25) is 9.10 Å². The third kappa shape index (κ3) is 3.66. The molecule has 0 radical (unpaired) electrons. The second-order valence-electron chi connectivity index (χ2n) is 5.25. The number of benzene rings is 2. The minimum Gasteiger partial charge on any atom is -0.322 e. The van der Waals surface area contributed by atoms with E-state index in [9.17, 15) is 13.2 Å². The van der Waals surface area contributed by atoms with Crippen molar-refractivity contribution in [1.29, 1.82) is 0 Å². The number of hydrogen-bond donors (Lipinski definition) is 1. The lowest BCUT2D eigenvalue weighted by atomic mass is 10.2. The molecule has 120 valence electrons. The maximum absolute atomic E-state index is 12.2. The van der Waals surface area contributed by atoms with Crippen molar-refractivity contribution in [2.24, 2.45) is 0 Å². The zero-order valence-electron chi connectivity index (χ0n) is 12.2. The summed E-state index contributed by atoms with van der Waals surface area (Å²) in [5.41, 5.74) is 1.82. The predicted molar refractivity (Wildman–Crippen MR) is 99.3 cm³/mol. The topological polar surface area (TPSA) is 66.5 Å². The Morgan fingerprint density at radius 3 is 2.48 bits per heavy atom. The van der Waals surface area contributed by atoms with Gasteiger partial charge in [-0.05, 0) is 71.5 Å². The minimum absolute atomic E-state index is 0.182. The van der Waals surface area contributed by atoms with E-state index in [2.05, 4.69) is 27.9 Å². The molecule has 2 aromatic rings. The van der Waals surface area contributed by atoms with Gasteiger partial charge >= 0.3 is 0 Å². The highest BCUT2D eigenvalue weighted by molar-refractivity contribution is 14.1. The Balaban J connectivity index is 1.75. The molecule has 1 saturated heterocycles. The standard InChI is InChI=1S/C16H15IN2O3S/c17-13-3-1-4-14(11-13)18-16(20)12-5-7-15(8-6-12)19-9-2-10-23(19,21)22/h1,3-8,11H,2,9-10H2,(H,18,20). The molecule has 0 spiro atoms. The first-order chi connectivity index (χ1) is 11.0. The van der Waals surface area contributed by atoms with Gasteiger partial charge in [0.15, 0.2) is 0 Å². The Labute approximate surface area is 148 Å². The number of amides is 1. The van der Waals surface area contributed by atoms with Crippen LogP contribution in [0.25, 0.3) is 0 Å². The second kappa shape index (κ2) is 6.48. The third-order valence-corrected chi connectivity index (χ3v) is 6.14. The normalized spacial score (nSPS) is 16.3. The van der Waals surface area contributed by atoms with Crippen molar-refractivity contribution >= 4 is 49.9 Å². The van der Waals surface area contributed by atoms with Crippen LogP contribution in [0.15, 0.2) is 48.5 Å². The first-order valence-corrected chi connectivity index (χ1v) is 9.82. The van der Waals surface area contributed by atoms with Crippen LogP contribution in [0.1, 0.15) is 16.8 Å². The molecule has 1 fully saturated rings. The van der Waals surface area contributed by atoms with Gasteiger partial charge in [0.05, 0.1) is 11.4 Å². The molecule has 3 rings (SSSR count). The SMILES string of the molecule is O=C(Nc1cccc(I)c1)c1ccc(N2CCCS2(=O)=O)cc1. The molecule has 23 heavy (non-hydrogen) atoms. The molecule has 1 aliphatic heterocycles. The van der Waals surface area contributed by atoms with Crippen molar-refractivity contribution in [1.82, 2.24) is 0 Å². The largest absolute Gasteiger partial charge is 0.322 e. The summed E-state index contributed by atoms with van der Waals surface area (Å²) in [6, 6.07) is 14.2. The first kappa shape index (κ1) is 16.3. The Morgan fingerprint density at radius 2 is 1.87 bits per heavy atom. The summed E-state index contributed by atoms with van der Waals surface area (Å²) >= 11 is 2.18. The highest BCUT2D eigenvalue weighted by Crippen LogP contribution is 2.24. The van der Waals surface area contributed by atoms with Crippen molar-refractivity contribution < 1.29 is 13.2 Å². The quantitative estimate of drug-likeness (QED) is 0.744. The smallest absolute Gasteiger partial charge is 0.255 e. The predicted octanol–water partition coefficient (Wildman–Crippen LogP) is 3.08. The molecule has 0 unspecified atom stereocenters. The summed E-state index contributed by atoms with van der Waals surface area (Å²) in [5.74, 6) is -0.0372. The number of carbonyl (C=O) groups excluding carboxylic acids is 1. The van der Waals surface area contributed by atoms with Gasteiger partial charge in [0.1, 0.15) is 0 Å². The maximum Gasteiger partial charge on any atom is 0.255 e. The first-order valence-electron chi connectivity index (χ1n) is 7.13. The Hall–Kier alpha value is -1.61. The number of nitrogens with zero attached hydrogens (tertiary/aromatic N) is 1. The van der Waals surface area contributed by atoms with E-state index in [1.165, 1.54) is 4.31 Å². The van der Waals surface area contributed by atoms with E-state index >= 15 is 0 Å². The third-order valence-electron chi connectivity index (χ3n) is 3.60. The van der Waals surface area contributed by atoms with Gasteiger partial charge in [0.25, 0.3) is 5.91 Å². The average Bonchev–Trinajstić information content (AvgIpc) is 2.87. The van der Waals surface area contributed by atoms with Gasteiger partial charge in [-0.2, -0.15) is 0 Å². The molecule has 0 bridgehead atoms. The van der Waals surface area contributed by atoms with Crippen LogP contribution >= 0.6 is 22.6 Å². The van der Waals surface area contributed by atoms with E-state index in [0.717, 1.165) is 9.26 Å². The van der Waals surface area contributed by atoms with Gasteiger partial charge in [-0.1, -0.05) is 6.07 Å². The molecule has 1 N–H and O–H groups in total. The lowest BCUT2D eigenvalue weighted by Gasteiger charge is -2.17. The minimum atomic E-state index is -3.19. The molecule has 0 aliphatic carbocycles. The molecule has 0 saturated carbocycles. The Bertz CT molecular complexity index is 835. The highest BCUT2D eigenvalue weighted by atomic mass is 127. The number of anilines is 2. The van der Waals surface area contributed by atoms with Crippen LogP contribution in [0, 0.1) is 3.57 Å². The number of nitrogens with one attached hydrogen (secondary N) is 1. The van der Waals surface area contributed by atoms with Crippen molar-refractivity contribution in [2.45, 2.75) is 6.42 Å². The zero-order chi connectivity index (χ0) is 16.4. The molecule has 0 atom stereocenters. The van der Waals surface area contributed by atoms with Crippen LogP contribution in [0.4, 0.5) is 11.4 Å². The fourth-order valence-electron chi connectivity index (χ4n) is 2.48. The van der Waals surface area contributed by atoms with Crippen molar-refractivity contribution in [3.63, 3.8) is 0 Å². The van der Waals surface area contributed by atoms with Crippen LogP contribution in [0.3, 0.4) is 0 Å².